The normalized spacial score (nSPS) is 9.75. The van der Waals surface area contributed by atoms with Crippen LogP contribution in [-0.2, 0) is 13.6 Å². The Bertz CT molecular complexity index is 182. The van der Waals surface area contributed by atoms with E-state index in [1.54, 1.807) is 19.9 Å². The van der Waals surface area contributed by atoms with Gasteiger partial charge in [0.25, 0.3) is 0 Å². The summed E-state index contributed by atoms with van der Waals surface area (Å²) in [6.45, 7) is 3.93. The SMILES string of the molecule is CCOP(=O)([CH-]C#N)OCC.[Li+]. The van der Waals surface area contributed by atoms with E-state index in [-0.39, 0.29) is 32.1 Å². The number of hydrogen-bond acceptors (Lipinski definition) is 4. The maximum atomic E-state index is 11.3. The van der Waals surface area contributed by atoms with Gasteiger partial charge in [0.1, 0.15) is 0 Å². The zero-order chi connectivity index (χ0) is 8.74. The Hall–Kier alpha value is 0.107. The molecule has 0 saturated heterocycles. The average Bonchev–Trinajstić information content (AvgIpc) is 1.88. The number of nitrogens with zero attached hydrogens (tertiary/aromatic N) is 1. The van der Waals surface area contributed by atoms with Crippen molar-refractivity contribution >= 4 is 7.60 Å². The third-order valence-corrected chi connectivity index (χ3v) is 2.50. The standard InChI is InChI=1S/C6H11NO3P.Li/c1-3-9-11(8,6-5-7)10-4-2;/h6H,3-4H2,1-2H3;/q-1;+1. The predicted molar refractivity (Wildman–Crippen MR) is 40.8 cm³/mol. The van der Waals surface area contributed by atoms with Gasteiger partial charge in [-0.25, -0.2) is 5.26 Å². The van der Waals surface area contributed by atoms with Crippen molar-refractivity contribution < 1.29 is 32.5 Å². The van der Waals surface area contributed by atoms with E-state index >= 15 is 0 Å². The predicted octanol–water partition coefficient (Wildman–Crippen LogP) is -1.06. The molecule has 0 rings (SSSR count). The van der Waals surface area contributed by atoms with Gasteiger partial charge in [-0.2, -0.15) is 6.16 Å². The first kappa shape index (κ1) is 14.6. The molecule has 0 fully saturated rings. The minimum Gasteiger partial charge on any atom is -0.329 e. The molecule has 0 aliphatic carbocycles. The molecule has 0 radical (unpaired) electrons. The molecule has 0 bridgehead atoms. The van der Waals surface area contributed by atoms with Crippen LogP contribution in [0.1, 0.15) is 13.8 Å². The molecule has 0 aliphatic heterocycles. The summed E-state index contributed by atoms with van der Waals surface area (Å²) in [5.41, 5.74) is 0. The van der Waals surface area contributed by atoms with E-state index < -0.39 is 7.60 Å². The van der Waals surface area contributed by atoms with Crippen LogP contribution < -0.4 is 18.9 Å². The van der Waals surface area contributed by atoms with Gasteiger partial charge in [0.2, 0.25) is 7.60 Å². The van der Waals surface area contributed by atoms with E-state index in [9.17, 15) is 4.57 Å². The van der Waals surface area contributed by atoms with Crippen molar-refractivity contribution in [2.24, 2.45) is 0 Å². The van der Waals surface area contributed by atoms with Gasteiger partial charge in [-0.3, -0.25) is 4.57 Å². The molecule has 0 atom stereocenters. The van der Waals surface area contributed by atoms with Gasteiger partial charge in [-0.05, 0) is 13.8 Å². The fraction of sp³-hybridized carbons (Fsp3) is 0.667. The molecule has 64 valence electrons. The van der Waals surface area contributed by atoms with Gasteiger partial charge in [0.05, 0.1) is 13.2 Å². The van der Waals surface area contributed by atoms with E-state index in [0.29, 0.717) is 0 Å². The summed E-state index contributed by atoms with van der Waals surface area (Å²) in [6.07, 6.45) is 0.903. The third kappa shape index (κ3) is 5.72. The molecule has 0 spiro atoms. The molecular weight excluding hydrogens is 172 g/mol. The van der Waals surface area contributed by atoms with Crippen LogP contribution in [0, 0.1) is 17.5 Å². The Morgan fingerprint density at radius 1 is 1.42 bits per heavy atom. The molecule has 0 aromatic carbocycles. The second-order valence-corrected chi connectivity index (χ2v) is 3.49. The molecule has 0 saturated carbocycles. The molecule has 0 amide bonds. The van der Waals surface area contributed by atoms with Gasteiger partial charge in [-0.15, -0.1) is 0 Å². The fourth-order valence-corrected chi connectivity index (χ4v) is 1.63. The van der Waals surface area contributed by atoms with Crippen molar-refractivity contribution in [1.82, 2.24) is 0 Å². The van der Waals surface area contributed by atoms with Gasteiger partial charge < -0.3 is 9.05 Å². The summed E-state index contributed by atoms with van der Waals surface area (Å²) in [5, 5.41) is 8.22. The maximum Gasteiger partial charge on any atom is 1.00 e. The van der Waals surface area contributed by atoms with E-state index in [2.05, 4.69) is 0 Å². The van der Waals surface area contributed by atoms with Crippen LogP contribution in [0.25, 0.3) is 0 Å². The number of hydrogen-bond donors (Lipinski definition) is 0. The van der Waals surface area contributed by atoms with Crippen LogP contribution in [0.2, 0.25) is 0 Å². The summed E-state index contributed by atoms with van der Waals surface area (Å²) in [5.74, 6) is 0. The summed E-state index contributed by atoms with van der Waals surface area (Å²) >= 11 is 0. The third-order valence-electron chi connectivity index (χ3n) is 0.834. The summed E-state index contributed by atoms with van der Waals surface area (Å²) in [7, 11) is -3.21. The van der Waals surface area contributed by atoms with Crippen molar-refractivity contribution in [3.8, 4) is 6.07 Å². The molecule has 0 N–H and O–H groups in total. The molecule has 0 heterocycles. The molecular formula is C6H11LiNO3P. The van der Waals surface area contributed by atoms with Gasteiger partial charge >= 0.3 is 18.9 Å². The Balaban J connectivity index is 0. The Morgan fingerprint density at radius 2 is 1.83 bits per heavy atom. The summed E-state index contributed by atoms with van der Waals surface area (Å²) in [6, 6.07) is 1.64. The Labute approximate surface area is 84.9 Å². The smallest absolute Gasteiger partial charge is 0.329 e. The van der Waals surface area contributed by atoms with Crippen LogP contribution in [-0.4, -0.2) is 13.2 Å². The first-order valence-electron chi connectivity index (χ1n) is 3.31. The first-order valence-corrected chi connectivity index (χ1v) is 4.92. The fourth-order valence-electron chi connectivity index (χ4n) is 0.542. The van der Waals surface area contributed by atoms with Crippen LogP contribution in [0.15, 0.2) is 0 Å². The molecule has 0 aromatic rings. The van der Waals surface area contributed by atoms with Crippen LogP contribution in [0.4, 0.5) is 0 Å². The zero-order valence-electron chi connectivity index (χ0n) is 7.61. The van der Waals surface area contributed by atoms with Crippen molar-refractivity contribution in [1.29, 1.82) is 5.26 Å². The molecule has 0 aliphatic rings. The number of rotatable bonds is 5. The average molecular weight is 183 g/mol. The summed E-state index contributed by atoms with van der Waals surface area (Å²) in [4.78, 5) is 0. The maximum absolute atomic E-state index is 11.3. The molecule has 0 unspecified atom stereocenters. The van der Waals surface area contributed by atoms with E-state index in [1.807, 2.05) is 0 Å². The van der Waals surface area contributed by atoms with Crippen LogP contribution in [0.3, 0.4) is 0 Å². The molecule has 4 nitrogen and oxygen atoms in total. The number of nitriles is 1. The molecule has 0 aromatic heterocycles. The van der Waals surface area contributed by atoms with Crippen molar-refractivity contribution in [3.63, 3.8) is 0 Å². The van der Waals surface area contributed by atoms with Crippen LogP contribution in [0.5, 0.6) is 0 Å². The van der Waals surface area contributed by atoms with Crippen molar-refractivity contribution in [2.75, 3.05) is 13.2 Å². The van der Waals surface area contributed by atoms with E-state index in [4.69, 9.17) is 14.3 Å². The monoisotopic (exact) mass is 183 g/mol. The minimum absolute atomic E-state index is 0. The quantitative estimate of drug-likeness (QED) is 0.309. The van der Waals surface area contributed by atoms with Gasteiger partial charge in [0, 0.05) is 0 Å². The molecule has 12 heavy (non-hydrogen) atoms. The summed E-state index contributed by atoms with van der Waals surface area (Å²) < 4.78 is 20.8. The van der Waals surface area contributed by atoms with Crippen molar-refractivity contribution in [2.45, 2.75) is 13.8 Å². The van der Waals surface area contributed by atoms with E-state index in [0.717, 1.165) is 6.16 Å². The Morgan fingerprint density at radius 3 is 2.08 bits per heavy atom. The second kappa shape index (κ2) is 7.74. The van der Waals surface area contributed by atoms with Gasteiger partial charge in [-0.1, -0.05) is 6.07 Å². The Kier molecular flexibility index (Phi) is 9.43. The zero-order valence-corrected chi connectivity index (χ0v) is 8.51. The molecule has 6 heteroatoms. The first-order chi connectivity index (χ1) is 5.18. The van der Waals surface area contributed by atoms with Crippen molar-refractivity contribution in [3.05, 3.63) is 6.16 Å². The minimum atomic E-state index is -3.21. The largest absolute Gasteiger partial charge is 1.00 e. The van der Waals surface area contributed by atoms with Gasteiger partial charge in [0.15, 0.2) is 0 Å². The second-order valence-electron chi connectivity index (χ2n) is 1.63. The topological polar surface area (TPSA) is 59.3 Å². The van der Waals surface area contributed by atoms with Crippen LogP contribution >= 0.6 is 7.60 Å². The van der Waals surface area contributed by atoms with E-state index in [1.165, 1.54) is 0 Å².